The zero-order chi connectivity index (χ0) is 13.8. The first-order valence-electron chi connectivity index (χ1n) is 6.05. The number of carbonyl (C=O) groups is 1. The quantitative estimate of drug-likeness (QED) is 0.914. The van der Waals surface area contributed by atoms with Crippen molar-refractivity contribution < 1.29 is 14.6 Å². The minimum atomic E-state index is -1.01. The smallest absolute Gasteiger partial charge is 0.339 e. The van der Waals surface area contributed by atoms with Crippen LogP contribution >= 0.6 is 0 Å². The van der Waals surface area contributed by atoms with Crippen molar-refractivity contribution in [3.8, 4) is 17.0 Å². The third-order valence-corrected chi connectivity index (χ3v) is 2.71. The SMILES string of the molecule is CCOc1cnc(-c2cccc(C)c2)cc1C(=O)O. The Bertz CT molecular complexity index is 608. The average molecular weight is 257 g/mol. The second-order valence-electron chi connectivity index (χ2n) is 4.17. The Balaban J connectivity index is 2.49. The molecule has 2 aromatic rings. The molecule has 1 aromatic carbocycles. The van der Waals surface area contributed by atoms with Gasteiger partial charge in [0.15, 0.2) is 5.75 Å². The van der Waals surface area contributed by atoms with Gasteiger partial charge in [0.25, 0.3) is 0 Å². The molecule has 4 heteroatoms. The Morgan fingerprint density at radius 2 is 2.16 bits per heavy atom. The molecule has 0 saturated carbocycles. The predicted octanol–water partition coefficient (Wildman–Crippen LogP) is 3.15. The van der Waals surface area contributed by atoms with E-state index in [0.29, 0.717) is 18.1 Å². The molecule has 0 aliphatic carbocycles. The Morgan fingerprint density at radius 1 is 1.37 bits per heavy atom. The molecule has 0 fully saturated rings. The van der Waals surface area contributed by atoms with Crippen LogP contribution in [0.4, 0.5) is 0 Å². The highest BCUT2D eigenvalue weighted by atomic mass is 16.5. The zero-order valence-electron chi connectivity index (χ0n) is 10.9. The third-order valence-electron chi connectivity index (χ3n) is 2.71. The summed E-state index contributed by atoms with van der Waals surface area (Å²) in [5.74, 6) is -0.717. The van der Waals surface area contributed by atoms with Crippen molar-refractivity contribution in [2.45, 2.75) is 13.8 Å². The molecule has 0 saturated heterocycles. The molecule has 0 radical (unpaired) electrons. The number of hydrogen-bond donors (Lipinski definition) is 1. The highest BCUT2D eigenvalue weighted by Gasteiger charge is 2.13. The summed E-state index contributed by atoms with van der Waals surface area (Å²) in [5, 5.41) is 9.21. The van der Waals surface area contributed by atoms with E-state index in [0.717, 1.165) is 11.1 Å². The summed E-state index contributed by atoms with van der Waals surface area (Å²) in [6.07, 6.45) is 1.46. The van der Waals surface area contributed by atoms with Gasteiger partial charge in [-0.05, 0) is 26.0 Å². The monoisotopic (exact) mass is 257 g/mol. The van der Waals surface area contributed by atoms with Gasteiger partial charge in [0.2, 0.25) is 0 Å². The number of pyridine rings is 1. The number of ether oxygens (including phenoxy) is 1. The van der Waals surface area contributed by atoms with Crippen molar-refractivity contribution in [1.29, 1.82) is 0 Å². The van der Waals surface area contributed by atoms with Crippen LogP contribution in [0.1, 0.15) is 22.8 Å². The lowest BCUT2D eigenvalue weighted by Crippen LogP contribution is -2.04. The van der Waals surface area contributed by atoms with Crippen LogP contribution in [0.25, 0.3) is 11.3 Å². The van der Waals surface area contributed by atoms with Crippen LogP contribution in [0.15, 0.2) is 36.5 Å². The number of rotatable bonds is 4. The summed E-state index contributed by atoms with van der Waals surface area (Å²) in [4.78, 5) is 15.5. The first kappa shape index (κ1) is 13.1. The maximum absolute atomic E-state index is 11.2. The number of aryl methyl sites for hydroxylation is 1. The zero-order valence-corrected chi connectivity index (χ0v) is 10.9. The van der Waals surface area contributed by atoms with E-state index >= 15 is 0 Å². The van der Waals surface area contributed by atoms with E-state index in [4.69, 9.17) is 4.74 Å². The molecule has 1 heterocycles. The van der Waals surface area contributed by atoms with E-state index in [-0.39, 0.29) is 5.56 Å². The minimum absolute atomic E-state index is 0.133. The van der Waals surface area contributed by atoms with Crippen LogP contribution in [-0.4, -0.2) is 22.7 Å². The van der Waals surface area contributed by atoms with Crippen molar-refractivity contribution in [2.75, 3.05) is 6.61 Å². The van der Waals surface area contributed by atoms with Gasteiger partial charge in [0, 0.05) is 5.56 Å². The Morgan fingerprint density at radius 3 is 2.79 bits per heavy atom. The summed E-state index contributed by atoms with van der Waals surface area (Å²) in [6.45, 7) is 4.20. The van der Waals surface area contributed by atoms with Crippen molar-refractivity contribution in [3.63, 3.8) is 0 Å². The molecule has 0 spiro atoms. The lowest BCUT2D eigenvalue weighted by Gasteiger charge is -2.09. The van der Waals surface area contributed by atoms with Gasteiger partial charge in [0.1, 0.15) is 5.56 Å². The van der Waals surface area contributed by atoms with E-state index in [2.05, 4.69) is 4.98 Å². The molecule has 0 aliphatic heterocycles. The highest BCUT2D eigenvalue weighted by Crippen LogP contribution is 2.25. The fraction of sp³-hybridized carbons (Fsp3) is 0.200. The van der Waals surface area contributed by atoms with Crippen LogP contribution < -0.4 is 4.74 Å². The first-order chi connectivity index (χ1) is 9.11. The Kier molecular flexibility index (Phi) is 3.80. The van der Waals surface area contributed by atoms with E-state index in [1.54, 1.807) is 13.0 Å². The lowest BCUT2D eigenvalue weighted by atomic mass is 10.1. The average Bonchev–Trinajstić information content (AvgIpc) is 2.39. The van der Waals surface area contributed by atoms with Gasteiger partial charge in [-0.3, -0.25) is 4.98 Å². The van der Waals surface area contributed by atoms with Crippen molar-refractivity contribution >= 4 is 5.97 Å². The van der Waals surface area contributed by atoms with E-state index in [9.17, 15) is 9.90 Å². The van der Waals surface area contributed by atoms with E-state index in [1.807, 2.05) is 31.2 Å². The first-order valence-corrected chi connectivity index (χ1v) is 6.05. The van der Waals surface area contributed by atoms with Gasteiger partial charge in [-0.2, -0.15) is 0 Å². The summed E-state index contributed by atoms with van der Waals surface area (Å²) < 4.78 is 5.27. The number of benzene rings is 1. The number of hydrogen-bond acceptors (Lipinski definition) is 3. The van der Waals surface area contributed by atoms with Gasteiger partial charge in [-0.25, -0.2) is 4.79 Å². The minimum Gasteiger partial charge on any atom is -0.491 e. The molecule has 19 heavy (non-hydrogen) atoms. The molecule has 4 nitrogen and oxygen atoms in total. The standard InChI is InChI=1S/C15H15NO3/c1-3-19-14-9-16-13(8-12(14)15(17)18)11-6-4-5-10(2)7-11/h4-9H,3H2,1-2H3,(H,17,18). The molecule has 0 amide bonds. The Labute approximate surface area is 111 Å². The van der Waals surface area contributed by atoms with Crippen LogP contribution in [0.3, 0.4) is 0 Å². The number of carboxylic acids is 1. The molecule has 1 aromatic heterocycles. The second-order valence-corrected chi connectivity index (χ2v) is 4.17. The van der Waals surface area contributed by atoms with Gasteiger partial charge in [-0.1, -0.05) is 23.8 Å². The van der Waals surface area contributed by atoms with Crippen LogP contribution in [0, 0.1) is 6.92 Å². The van der Waals surface area contributed by atoms with Gasteiger partial charge >= 0.3 is 5.97 Å². The summed E-state index contributed by atoms with van der Waals surface area (Å²) in [7, 11) is 0. The fourth-order valence-corrected chi connectivity index (χ4v) is 1.84. The predicted molar refractivity (Wildman–Crippen MR) is 72.5 cm³/mol. The fourth-order valence-electron chi connectivity index (χ4n) is 1.84. The van der Waals surface area contributed by atoms with Crippen LogP contribution in [-0.2, 0) is 0 Å². The van der Waals surface area contributed by atoms with Crippen LogP contribution in [0.5, 0.6) is 5.75 Å². The van der Waals surface area contributed by atoms with Gasteiger partial charge in [0.05, 0.1) is 18.5 Å². The molecular weight excluding hydrogens is 242 g/mol. The number of aromatic carboxylic acids is 1. The van der Waals surface area contributed by atoms with E-state index in [1.165, 1.54) is 6.20 Å². The highest BCUT2D eigenvalue weighted by molar-refractivity contribution is 5.92. The number of aromatic nitrogens is 1. The van der Waals surface area contributed by atoms with E-state index < -0.39 is 5.97 Å². The number of nitrogens with zero attached hydrogens (tertiary/aromatic N) is 1. The molecule has 0 unspecified atom stereocenters. The third kappa shape index (κ3) is 2.91. The van der Waals surface area contributed by atoms with Gasteiger partial charge < -0.3 is 9.84 Å². The molecular formula is C15H15NO3. The topological polar surface area (TPSA) is 59.4 Å². The Hall–Kier alpha value is -2.36. The molecule has 2 rings (SSSR count). The van der Waals surface area contributed by atoms with Gasteiger partial charge in [-0.15, -0.1) is 0 Å². The van der Waals surface area contributed by atoms with Crippen LogP contribution in [0.2, 0.25) is 0 Å². The largest absolute Gasteiger partial charge is 0.491 e. The van der Waals surface area contributed by atoms with Crippen molar-refractivity contribution in [1.82, 2.24) is 4.98 Å². The normalized spacial score (nSPS) is 10.2. The maximum Gasteiger partial charge on any atom is 0.339 e. The maximum atomic E-state index is 11.2. The van der Waals surface area contributed by atoms with Crippen molar-refractivity contribution in [2.24, 2.45) is 0 Å². The molecule has 1 N–H and O–H groups in total. The summed E-state index contributed by atoms with van der Waals surface area (Å²) in [6, 6.07) is 9.32. The molecule has 0 atom stereocenters. The number of carboxylic acid groups (broad SMARTS) is 1. The summed E-state index contributed by atoms with van der Waals surface area (Å²) in [5.41, 5.74) is 2.76. The summed E-state index contributed by atoms with van der Waals surface area (Å²) >= 11 is 0. The molecule has 0 bridgehead atoms. The lowest BCUT2D eigenvalue weighted by molar-refractivity contribution is 0.0692. The van der Waals surface area contributed by atoms with Crippen molar-refractivity contribution in [3.05, 3.63) is 47.7 Å². The molecule has 0 aliphatic rings. The second kappa shape index (κ2) is 5.52. The molecule has 98 valence electrons.